The molecule has 4 aromatic carbocycles. The van der Waals surface area contributed by atoms with Crippen molar-refractivity contribution in [3.05, 3.63) is 114 Å². The van der Waals surface area contributed by atoms with Crippen molar-refractivity contribution in [1.82, 2.24) is 4.98 Å². The molecular formula is C43H47NO7. The maximum Gasteiger partial charge on any atom is 0.343 e. The molecule has 0 amide bonds. The molecule has 0 aliphatic carbocycles. The van der Waals surface area contributed by atoms with Crippen LogP contribution < -0.4 is 18.9 Å². The molecule has 0 saturated heterocycles. The van der Waals surface area contributed by atoms with Crippen molar-refractivity contribution in [1.29, 1.82) is 0 Å². The maximum absolute atomic E-state index is 12.7. The van der Waals surface area contributed by atoms with Gasteiger partial charge in [0, 0.05) is 11.1 Å². The first-order valence-corrected chi connectivity index (χ1v) is 18.1. The highest BCUT2D eigenvalue weighted by atomic mass is 16.5. The molecular weight excluding hydrogens is 642 g/mol. The summed E-state index contributed by atoms with van der Waals surface area (Å²) in [6, 6.07) is 28.0. The summed E-state index contributed by atoms with van der Waals surface area (Å²) in [6.07, 6.45) is 13.4. The number of ether oxygens (including phenoxy) is 4. The average molecular weight is 690 g/mol. The van der Waals surface area contributed by atoms with Crippen LogP contribution in [0, 0.1) is 0 Å². The standard InChI is InChI=1S/C43H47NO7/c1-3-5-7-9-11-29-47-36-21-17-34(18-22-36)42(45)49-38-25-13-32(14-26-38)40-31-44-41(51-40)33-15-27-39(28-16-33)50-43(46)35-19-23-37(24-20-35)48-30-12-10-8-6-4-2/h13-28,31H,3-12,29-30H2,1-2H3. The molecule has 266 valence electrons. The van der Waals surface area contributed by atoms with Gasteiger partial charge in [-0.1, -0.05) is 65.2 Å². The predicted octanol–water partition coefficient (Wildman–Crippen LogP) is 11.1. The molecule has 5 rings (SSSR count). The molecule has 0 spiro atoms. The second-order valence-corrected chi connectivity index (χ2v) is 12.4. The molecule has 0 bridgehead atoms. The minimum Gasteiger partial charge on any atom is -0.494 e. The number of benzene rings is 4. The third-order valence-corrected chi connectivity index (χ3v) is 8.38. The van der Waals surface area contributed by atoms with Crippen molar-refractivity contribution in [2.75, 3.05) is 13.2 Å². The van der Waals surface area contributed by atoms with Crippen LogP contribution in [0.15, 0.2) is 108 Å². The first kappa shape index (κ1) is 36.9. The maximum atomic E-state index is 12.7. The normalized spacial score (nSPS) is 10.9. The van der Waals surface area contributed by atoms with E-state index in [1.54, 1.807) is 103 Å². The van der Waals surface area contributed by atoms with Crippen molar-refractivity contribution in [2.45, 2.75) is 78.1 Å². The Hall–Kier alpha value is -5.37. The van der Waals surface area contributed by atoms with Gasteiger partial charge < -0.3 is 23.4 Å². The second-order valence-electron chi connectivity index (χ2n) is 12.4. The number of carbonyl (C=O) groups is 2. The van der Waals surface area contributed by atoms with Crippen LogP contribution in [0.2, 0.25) is 0 Å². The molecule has 0 N–H and O–H groups in total. The van der Waals surface area contributed by atoms with E-state index in [1.807, 2.05) is 0 Å². The third kappa shape index (κ3) is 11.6. The summed E-state index contributed by atoms with van der Waals surface area (Å²) in [6.45, 7) is 5.74. The zero-order valence-corrected chi connectivity index (χ0v) is 29.6. The van der Waals surface area contributed by atoms with Gasteiger partial charge in [0.15, 0.2) is 5.76 Å². The molecule has 8 nitrogen and oxygen atoms in total. The molecule has 0 aliphatic heterocycles. The van der Waals surface area contributed by atoms with Crippen molar-refractivity contribution in [3.63, 3.8) is 0 Å². The Balaban J connectivity index is 1.07. The topological polar surface area (TPSA) is 97.1 Å². The van der Waals surface area contributed by atoms with Gasteiger partial charge in [-0.3, -0.25) is 0 Å². The lowest BCUT2D eigenvalue weighted by Crippen LogP contribution is -2.08. The lowest BCUT2D eigenvalue weighted by Gasteiger charge is -2.08. The minimum absolute atomic E-state index is 0.408. The Morgan fingerprint density at radius 3 is 1.37 bits per heavy atom. The van der Waals surface area contributed by atoms with Gasteiger partial charge in [0.05, 0.1) is 30.5 Å². The summed E-state index contributed by atoms with van der Waals surface area (Å²) < 4.78 is 28.7. The van der Waals surface area contributed by atoms with Crippen LogP contribution in [-0.2, 0) is 0 Å². The lowest BCUT2D eigenvalue weighted by molar-refractivity contribution is 0.0725. The molecule has 5 aromatic rings. The number of hydrogen-bond acceptors (Lipinski definition) is 8. The molecule has 1 heterocycles. The molecule has 0 fully saturated rings. The predicted molar refractivity (Wildman–Crippen MR) is 199 cm³/mol. The van der Waals surface area contributed by atoms with Gasteiger partial charge in [-0.25, -0.2) is 14.6 Å². The van der Waals surface area contributed by atoms with Crippen LogP contribution in [-0.4, -0.2) is 30.1 Å². The van der Waals surface area contributed by atoms with E-state index in [0.717, 1.165) is 48.3 Å². The number of oxazole rings is 1. The molecule has 0 atom stereocenters. The first-order valence-electron chi connectivity index (χ1n) is 18.1. The van der Waals surface area contributed by atoms with Crippen LogP contribution in [0.1, 0.15) is 98.8 Å². The third-order valence-electron chi connectivity index (χ3n) is 8.38. The van der Waals surface area contributed by atoms with Crippen molar-refractivity contribution in [3.8, 4) is 45.8 Å². The average Bonchev–Trinajstić information content (AvgIpc) is 3.66. The van der Waals surface area contributed by atoms with Crippen LogP contribution in [0.5, 0.6) is 23.0 Å². The van der Waals surface area contributed by atoms with Gasteiger partial charge in [0.25, 0.3) is 0 Å². The fraction of sp³-hybridized carbons (Fsp3) is 0.326. The highest BCUT2D eigenvalue weighted by molar-refractivity contribution is 5.91. The number of rotatable bonds is 20. The van der Waals surface area contributed by atoms with E-state index in [9.17, 15) is 9.59 Å². The number of aromatic nitrogens is 1. The zero-order chi connectivity index (χ0) is 35.7. The number of esters is 2. The lowest BCUT2D eigenvalue weighted by atomic mass is 10.2. The summed E-state index contributed by atoms with van der Waals surface area (Å²) in [7, 11) is 0. The Morgan fingerprint density at radius 1 is 0.510 bits per heavy atom. The monoisotopic (exact) mass is 689 g/mol. The quantitative estimate of drug-likeness (QED) is 0.0452. The number of hydrogen-bond donors (Lipinski definition) is 0. The Kier molecular flexibility index (Phi) is 14.3. The molecule has 0 saturated carbocycles. The van der Waals surface area contributed by atoms with Crippen LogP contribution in [0.25, 0.3) is 22.8 Å². The summed E-state index contributed by atoms with van der Waals surface area (Å²) in [5, 5.41) is 0. The molecule has 8 heteroatoms. The Bertz CT molecular complexity index is 1650. The van der Waals surface area contributed by atoms with Crippen molar-refractivity contribution in [2.24, 2.45) is 0 Å². The zero-order valence-electron chi connectivity index (χ0n) is 29.6. The molecule has 0 unspecified atom stereocenters. The molecule has 51 heavy (non-hydrogen) atoms. The van der Waals surface area contributed by atoms with Gasteiger partial charge in [-0.05, 0) is 110 Å². The van der Waals surface area contributed by atoms with Crippen LogP contribution in [0.3, 0.4) is 0 Å². The van der Waals surface area contributed by atoms with E-state index < -0.39 is 11.9 Å². The molecule has 1 aromatic heterocycles. The van der Waals surface area contributed by atoms with Crippen LogP contribution >= 0.6 is 0 Å². The SMILES string of the molecule is CCCCCCCOc1ccc(C(=O)Oc2ccc(-c3cnc(-c4ccc(OC(=O)c5ccc(OCCCCCCC)cc5)cc4)o3)cc2)cc1. The number of unbranched alkanes of at least 4 members (excludes halogenated alkanes) is 8. The first-order chi connectivity index (χ1) is 25.0. The van der Waals surface area contributed by atoms with E-state index in [1.165, 1.54) is 38.5 Å². The summed E-state index contributed by atoms with van der Waals surface area (Å²) in [5.41, 5.74) is 2.39. The number of carbonyl (C=O) groups excluding carboxylic acids is 2. The van der Waals surface area contributed by atoms with Gasteiger partial charge in [-0.15, -0.1) is 0 Å². The summed E-state index contributed by atoms with van der Waals surface area (Å²) in [5.74, 6) is 2.38. The number of nitrogens with zero attached hydrogens (tertiary/aromatic N) is 1. The highest BCUT2D eigenvalue weighted by Crippen LogP contribution is 2.29. The minimum atomic E-state index is -0.451. The molecule has 0 aliphatic rings. The van der Waals surface area contributed by atoms with Crippen LogP contribution in [0.4, 0.5) is 0 Å². The van der Waals surface area contributed by atoms with E-state index in [0.29, 0.717) is 47.5 Å². The van der Waals surface area contributed by atoms with E-state index in [-0.39, 0.29) is 0 Å². The van der Waals surface area contributed by atoms with E-state index in [4.69, 9.17) is 23.4 Å². The second kappa shape index (κ2) is 19.7. The van der Waals surface area contributed by atoms with Crippen molar-refractivity contribution < 1.29 is 33.0 Å². The highest BCUT2D eigenvalue weighted by Gasteiger charge is 2.13. The molecule has 0 radical (unpaired) electrons. The van der Waals surface area contributed by atoms with Gasteiger partial charge in [0.1, 0.15) is 23.0 Å². The smallest absolute Gasteiger partial charge is 0.343 e. The Labute approximate surface area is 300 Å². The van der Waals surface area contributed by atoms with Crippen molar-refractivity contribution >= 4 is 11.9 Å². The summed E-state index contributed by atoms with van der Waals surface area (Å²) >= 11 is 0. The van der Waals surface area contributed by atoms with Gasteiger partial charge in [-0.2, -0.15) is 0 Å². The fourth-order valence-electron chi connectivity index (χ4n) is 5.39. The Morgan fingerprint density at radius 2 is 0.922 bits per heavy atom. The summed E-state index contributed by atoms with van der Waals surface area (Å²) in [4.78, 5) is 29.8. The largest absolute Gasteiger partial charge is 0.494 e. The van der Waals surface area contributed by atoms with Gasteiger partial charge in [0.2, 0.25) is 5.89 Å². The van der Waals surface area contributed by atoms with Gasteiger partial charge >= 0.3 is 11.9 Å². The van der Waals surface area contributed by atoms with E-state index in [2.05, 4.69) is 18.8 Å². The van der Waals surface area contributed by atoms with E-state index >= 15 is 0 Å². The fourth-order valence-corrected chi connectivity index (χ4v) is 5.39.